The van der Waals surface area contributed by atoms with E-state index in [9.17, 15) is 14.4 Å². The second kappa shape index (κ2) is 6.35. The molecule has 0 aromatic heterocycles. The maximum absolute atomic E-state index is 11.2. The van der Waals surface area contributed by atoms with Crippen LogP contribution in [0.5, 0.6) is 0 Å². The Kier molecular flexibility index (Phi) is 5.86. The van der Waals surface area contributed by atoms with Crippen LogP contribution in [-0.2, 0) is 18.9 Å². The summed E-state index contributed by atoms with van der Waals surface area (Å²) in [5.41, 5.74) is 0. The van der Waals surface area contributed by atoms with Crippen molar-refractivity contribution in [1.29, 1.82) is 0 Å². The Hall–Kier alpha value is -1.16. The Bertz CT molecular complexity index is 266. The second-order valence-electron chi connectivity index (χ2n) is 3.25. The highest BCUT2D eigenvalue weighted by Crippen LogP contribution is 2.01. The summed E-state index contributed by atoms with van der Waals surface area (Å²) in [6.45, 7) is 3.25. The molecule has 1 amide bonds. The van der Waals surface area contributed by atoms with Crippen LogP contribution in [0.2, 0.25) is 0 Å². The van der Waals surface area contributed by atoms with Crippen LogP contribution in [0.3, 0.4) is 0 Å². The van der Waals surface area contributed by atoms with Gasteiger partial charge >= 0.3 is 11.9 Å². The lowest BCUT2D eigenvalue weighted by atomic mass is 10.1. The van der Waals surface area contributed by atoms with E-state index in [1.54, 1.807) is 23.3 Å². The van der Waals surface area contributed by atoms with Gasteiger partial charge in [-0.15, -0.1) is 0 Å². The first kappa shape index (κ1) is 13.8. The fourth-order valence-electron chi connectivity index (χ4n) is 0.753. The van der Waals surface area contributed by atoms with Crippen molar-refractivity contribution in [3.8, 4) is 0 Å². The Morgan fingerprint density at radius 3 is 2.27 bits per heavy atom. The van der Waals surface area contributed by atoms with E-state index in [0.29, 0.717) is 0 Å². The van der Waals surface area contributed by atoms with E-state index in [4.69, 9.17) is 5.11 Å². The van der Waals surface area contributed by atoms with E-state index >= 15 is 0 Å². The lowest BCUT2D eigenvalue weighted by Crippen LogP contribution is -2.43. The molecule has 6 nitrogen and oxygen atoms in total. The smallest absolute Gasteiger partial charge is 0.326 e. The molecule has 0 aromatic carbocycles. The third kappa shape index (κ3) is 5.32. The van der Waals surface area contributed by atoms with E-state index in [1.807, 2.05) is 0 Å². The van der Waals surface area contributed by atoms with Gasteiger partial charge in [0.15, 0.2) is 0 Å². The van der Waals surface area contributed by atoms with Gasteiger partial charge in [-0.3, -0.25) is 9.59 Å². The van der Waals surface area contributed by atoms with E-state index in [2.05, 4.69) is 9.84 Å². The molecule has 0 aliphatic heterocycles. The molecule has 1 unspecified atom stereocenters. The highest BCUT2D eigenvalue weighted by atomic mass is 31.0. The average molecular weight is 235 g/mol. The first-order valence-corrected chi connectivity index (χ1v) is 4.78. The molecule has 2 N–H and O–H groups in total. The summed E-state index contributed by atoms with van der Waals surface area (Å²) in [5.74, 6) is -2.73. The molecule has 0 bridgehead atoms. The minimum absolute atomic E-state index is 0.334. The predicted molar refractivity (Wildman–Crippen MR) is 54.8 cm³/mol. The van der Waals surface area contributed by atoms with Gasteiger partial charge in [0.1, 0.15) is 6.04 Å². The summed E-state index contributed by atoms with van der Waals surface area (Å²) in [5, 5.41) is 11.0. The van der Waals surface area contributed by atoms with E-state index < -0.39 is 30.3 Å². The lowest BCUT2D eigenvalue weighted by molar-refractivity contribution is -0.146. The number of hydrogen-bond acceptors (Lipinski definition) is 4. The molecule has 0 aliphatic rings. The zero-order valence-electron chi connectivity index (χ0n) is 8.52. The Morgan fingerprint density at radius 1 is 1.40 bits per heavy atom. The van der Waals surface area contributed by atoms with Gasteiger partial charge in [0, 0.05) is 5.92 Å². The van der Waals surface area contributed by atoms with Gasteiger partial charge in [-0.2, -0.15) is 0 Å². The fourth-order valence-corrected chi connectivity index (χ4v) is 0.849. The average Bonchev–Trinajstić information content (AvgIpc) is 2.15. The molecule has 2 atom stereocenters. The number of nitrogens with one attached hydrogen (secondary N) is 1. The molecule has 0 aromatic rings. The lowest BCUT2D eigenvalue weighted by Gasteiger charge is -2.14. The molecule has 0 saturated heterocycles. The van der Waals surface area contributed by atoms with Crippen LogP contribution in [-0.4, -0.2) is 29.0 Å². The predicted octanol–water partition coefficient (Wildman–Crippen LogP) is -0.0648. The van der Waals surface area contributed by atoms with Crippen molar-refractivity contribution < 1.29 is 24.0 Å². The van der Waals surface area contributed by atoms with Crippen molar-refractivity contribution in [2.75, 3.05) is 0 Å². The van der Waals surface area contributed by atoms with Crippen LogP contribution in [0, 0.1) is 5.92 Å². The van der Waals surface area contributed by atoms with Crippen molar-refractivity contribution in [3.63, 3.8) is 0 Å². The van der Waals surface area contributed by atoms with Crippen molar-refractivity contribution in [1.82, 2.24) is 5.32 Å². The first-order valence-electron chi connectivity index (χ1n) is 4.31. The third-order valence-corrected chi connectivity index (χ3v) is 1.90. The van der Waals surface area contributed by atoms with Crippen LogP contribution in [0.4, 0.5) is 0 Å². The Morgan fingerprint density at radius 2 is 1.93 bits per heavy atom. The number of hydrogen-bond donors (Lipinski definition) is 2. The minimum Gasteiger partial charge on any atom is -0.480 e. The largest absolute Gasteiger partial charge is 0.480 e. The van der Waals surface area contributed by atoms with Gasteiger partial charge in [-0.05, 0) is 0 Å². The first-order chi connectivity index (χ1) is 6.88. The summed E-state index contributed by atoms with van der Waals surface area (Å²) in [4.78, 5) is 32.7. The zero-order valence-corrected chi connectivity index (χ0v) is 9.67. The van der Waals surface area contributed by atoms with Crippen LogP contribution in [0.1, 0.15) is 20.3 Å². The van der Waals surface area contributed by atoms with Gasteiger partial charge in [-0.1, -0.05) is 13.8 Å². The van der Waals surface area contributed by atoms with Gasteiger partial charge in [0.05, 0.1) is 15.9 Å². The van der Waals surface area contributed by atoms with Crippen molar-refractivity contribution in [3.05, 3.63) is 0 Å². The quantitative estimate of drug-likeness (QED) is 0.651. The highest BCUT2D eigenvalue weighted by Gasteiger charge is 2.24. The van der Waals surface area contributed by atoms with Gasteiger partial charge in [-0.25, -0.2) is 4.79 Å². The number of rotatable bonds is 5. The molecule has 0 heterocycles. The van der Waals surface area contributed by atoms with E-state index in [1.165, 1.54) is 0 Å². The maximum atomic E-state index is 11.2. The summed E-state index contributed by atoms with van der Waals surface area (Å²) >= 11 is 0. The molecule has 15 heavy (non-hydrogen) atoms. The molecule has 0 radical (unpaired) electrons. The van der Waals surface area contributed by atoms with E-state index in [0.717, 1.165) is 0 Å². The second-order valence-corrected chi connectivity index (χ2v) is 3.48. The molecule has 86 valence electrons. The maximum Gasteiger partial charge on any atom is 0.326 e. The molecule has 0 rings (SSSR count). The number of carbonyl (C=O) groups excluding carboxylic acids is 2. The molecule has 0 aliphatic carbocycles. The normalized spacial score (nSPS) is 12.0. The molecular weight excluding hydrogens is 221 g/mol. The number of carboxylic acid groups (broad SMARTS) is 1. The van der Waals surface area contributed by atoms with Crippen LogP contribution >= 0.6 is 9.47 Å². The van der Waals surface area contributed by atoms with Crippen LogP contribution in [0.25, 0.3) is 0 Å². The Labute approximate surface area is 89.7 Å². The van der Waals surface area contributed by atoms with Crippen LogP contribution < -0.4 is 5.32 Å². The monoisotopic (exact) mass is 235 g/mol. The summed E-state index contributed by atoms with van der Waals surface area (Å²) in [7, 11) is 1.72. The number of carbonyl (C=O) groups is 3. The van der Waals surface area contributed by atoms with Crippen LogP contribution in [0.15, 0.2) is 0 Å². The van der Waals surface area contributed by atoms with Gasteiger partial charge in [0.2, 0.25) is 5.91 Å². The van der Waals surface area contributed by atoms with Gasteiger partial charge < -0.3 is 14.9 Å². The summed E-state index contributed by atoms with van der Waals surface area (Å²) in [6.07, 6.45) is -0.392. The SMILES string of the molecule is CC(C)C(=O)N[C@@H](CC(=O)OP)C(=O)O. The molecule has 0 spiro atoms. The fraction of sp³-hybridized carbons (Fsp3) is 0.625. The molecular formula is C8H14NO5P. The Balaban J connectivity index is 4.35. The third-order valence-electron chi connectivity index (χ3n) is 1.64. The molecule has 0 saturated carbocycles. The molecule has 0 fully saturated rings. The molecule has 7 heteroatoms. The van der Waals surface area contributed by atoms with E-state index in [-0.39, 0.29) is 5.92 Å². The van der Waals surface area contributed by atoms with Crippen molar-refractivity contribution in [2.24, 2.45) is 5.92 Å². The minimum atomic E-state index is -1.26. The highest BCUT2D eigenvalue weighted by molar-refractivity contribution is 7.10. The zero-order chi connectivity index (χ0) is 12.0. The summed E-state index contributed by atoms with van der Waals surface area (Å²) < 4.78 is 4.24. The summed E-state index contributed by atoms with van der Waals surface area (Å²) in [6, 6.07) is -1.24. The van der Waals surface area contributed by atoms with Crippen molar-refractivity contribution >= 4 is 27.3 Å². The number of aliphatic carboxylic acids is 1. The number of amides is 1. The topological polar surface area (TPSA) is 92.7 Å². The number of carboxylic acids is 1. The van der Waals surface area contributed by atoms with Gasteiger partial charge in [0.25, 0.3) is 0 Å². The van der Waals surface area contributed by atoms with Crippen molar-refractivity contribution in [2.45, 2.75) is 26.3 Å². The standard InChI is InChI=1S/C8H14NO5P/c1-4(2)7(11)9-5(8(12)13)3-6(10)14-15/h4-5H,3,15H2,1-2H3,(H,9,11)(H,12,13)/t5-/m0/s1.